The van der Waals surface area contributed by atoms with E-state index in [4.69, 9.17) is 4.74 Å². The lowest BCUT2D eigenvalue weighted by Gasteiger charge is -2.36. The minimum absolute atomic E-state index is 0.0874. The average molecular weight is 207 g/mol. The second-order valence-corrected chi connectivity index (χ2v) is 4.45. The molecule has 1 aromatic rings. The molecule has 4 heteroatoms. The molecular formula is C11H17N3O. The maximum atomic E-state index is 5.54. The molecule has 1 atom stereocenters. The zero-order valence-corrected chi connectivity index (χ0v) is 8.88. The number of ether oxygens (including phenoxy) is 1. The number of rotatable bonds is 0. The fraction of sp³-hybridized carbons (Fsp3) is 0.727. The number of fused-ring (bicyclic) bond motifs is 2. The van der Waals surface area contributed by atoms with Crippen LogP contribution in [0, 0.1) is 0 Å². The van der Waals surface area contributed by atoms with E-state index in [1.807, 2.05) is 6.33 Å². The molecule has 1 unspecified atom stereocenters. The third kappa shape index (κ3) is 1.48. The molecule has 0 bridgehead atoms. The lowest BCUT2D eigenvalue weighted by Crippen LogP contribution is -2.47. The van der Waals surface area contributed by atoms with Crippen molar-refractivity contribution in [1.29, 1.82) is 0 Å². The van der Waals surface area contributed by atoms with Crippen molar-refractivity contribution in [2.45, 2.75) is 31.2 Å². The van der Waals surface area contributed by atoms with Gasteiger partial charge in [-0.2, -0.15) is 0 Å². The number of nitrogens with one attached hydrogen (secondary N) is 2. The first-order valence-electron chi connectivity index (χ1n) is 5.76. The minimum atomic E-state index is 0.0874. The molecule has 3 rings (SSSR count). The quantitative estimate of drug-likeness (QED) is 0.666. The summed E-state index contributed by atoms with van der Waals surface area (Å²) in [6.07, 6.45) is 6.21. The van der Waals surface area contributed by atoms with E-state index in [9.17, 15) is 0 Å². The molecule has 2 aliphatic heterocycles. The van der Waals surface area contributed by atoms with E-state index in [-0.39, 0.29) is 5.54 Å². The topological polar surface area (TPSA) is 49.9 Å². The summed E-state index contributed by atoms with van der Waals surface area (Å²) in [6.45, 7) is 2.79. The SMILES string of the molecule is c1nc2c([nH]1)CCNC21CCCOCC1. The van der Waals surface area contributed by atoms with Crippen LogP contribution >= 0.6 is 0 Å². The molecule has 2 N–H and O–H groups in total. The van der Waals surface area contributed by atoms with Gasteiger partial charge >= 0.3 is 0 Å². The Morgan fingerprint density at radius 1 is 1.33 bits per heavy atom. The van der Waals surface area contributed by atoms with Crippen LogP contribution in [0.3, 0.4) is 0 Å². The fourth-order valence-electron chi connectivity index (χ4n) is 2.80. The van der Waals surface area contributed by atoms with Crippen LogP contribution in [-0.2, 0) is 16.7 Å². The van der Waals surface area contributed by atoms with Gasteiger partial charge in [-0.3, -0.25) is 0 Å². The summed E-state index contributed by atoms with van der Waals surface area (Å²) in [7, 11) is 0. The third-order valence-electron chi connectivity index (χ3n) is 3.58. The minimum Gasteiger partial charge on any atom is -0.381 e. The Bertz CT molecular complexity index is 339. The van der Waals surface area contributed by atoms with Crippen molar-refractivity contribution < 1.29 is 4.74 Å². The largest absolute Gasteiger partial charge is 0.381 e. The molecule has 4 nitrogen and oxygen atoms in total. The molecule has 0 aromatic carbocycles. The summed E-state index contributed by atoms with van der Waals surface area (Å²) in [4.78, 5) is 7.76. The van der Waals surface area contributed by atoms with Crippen LogP contribution in [0.25, 0.3) is 0 Å². The summed E-state index contributed by atoms with van der Waals surface area (Å²) >= 11 is 0. The maximum Gasteiger partial charge on any atom is 0.0926 e. The summed E-state index contributed by atoms with van der Waals surface area (Å²) in [6, 6.07) is 0. The van der Waals surface area contributed by atoms with E-state index < -0.39 is 0 Å². The Kier molecular flexibility index (Phi) is 2.25. The highest BCUT2D eigenvalue weighted by molar-refractivity contribution is 5.25. The summed E-state index contributed by atoms with van der Waals surface area (Å²) < 4.78 is 5.54. The first kappa shape index (κ1) is 9.36. The molecule has 0 amide bonds. The Balaban J connectivity index is 1.98. The second-order valence-electron chi connectivity index (χ2n) is 4.45. The van der Waals surface area contributed by atoms with Crippen LogP contribution in [0.15, 0.2) is 6.33 Å². The molecular weight excluding hydrogens is 190 g/mol. The molecule has 82 valence electrons. The van der Waals surface area contributed by atoms with Crippen molar-refractivity contribution in [3.8, 4) is 0 Å². The van der Waals surface area contributed by atoms with Crippen LogP contribution in [-0.4, -0.2) is 29.7 Å². The first-order valence-corrected chi connectivity index (χ1v) is 5.76. The van der Waals surface area contributed by atoms with Gasteiger partial charge in [-0.05, 0) is 19.3 Å². The number of imidazole rings is 1. The Morgan fingerprint density at radius 2 is 2.33 bits per heavy atom. The molecule has 1 saturated heterocycles. The van der Waals surface area contributed by atoms with Gasteiger partial charge in [0.25, 0.3) is 0 Å². The van der Waals surface area contributed by atoms with Gasteiger partial charge in [0, 0.05) is 31.9 Å². The maximum absolute atomic E-state index is 5.54. The molecule has 1 aromatic heterocycles. The van der Waals surface area contributed by atoms with E-state index in [1.54, 1.807) is 0 Å². The summed E-state index contributed by atoms with van der Waals surface area (Å²) in [5.41, 5.74) is 2.64. The van der Waals surface area contributed by atoms with Crippen LogP contribution in [0.4, 0.5) is 0 Å². The average Bonchev–Trinajstić information content (AvgIpc) is 2.62. The third-order valence-corrected chi connectivity index (χ3v) is 3.58. The highest BCUT2D eigenvalue weighted by Gasteiger charge is 2.38. The zero-order valence-electron chi connectivity index (χ0n) is 8.88. The van der Waals surface area contributed by atoms with Crippen molar-refractivity contribution in [1.82, 2.24) is 15.3 Å². The van der Waals surface area contributed by atoms with Gasteiger partial charge in [0.2, 0.25) is 0 Å². The van der Waals surface area contributed by atoms with Gasteiger partial charge in [0.05, 0.1) is 17.6 Å². The van der Waals surface area contributed by atoms with Crippen molar-refractivity contribution in [2.24, 2.45) is 0 Å². The molecule has 0 aliphatic carbocycles. The molecule has 2 aliphatic rings. The van der Waals surface area contributed by atoms with Crippen molar-refractivity contribution in [3.63, 3.8) is 0 Å². The highest BCUT2D eigenvalue weighted by Crippen LogP contribution is 2.35. The van der Waals surface area contributed by atoms with E-state index in [0.717, 1.165) is 45.4 Å². The molecule has 15 heavy (non-hydrogen) atoms. The van der Waals surface area contributed by atoms with Crippen molar-refractivity contribution in [3.05, 3.63) is 17.7 Å². The van der Waals surface area contributed by atoms with Gasteiger partial charge in [-0.1, -0.05) is 0 Å². The Hall–Kier alpha value is -0.870. The number of hydrogen-bond acceptors (Lipinski definition) is 3. The normalized spacial score (nSPS) is 31.2. The monoisotopic (exact) mass is 207 g/mol. The second kappa shape index (κ2) is 3.61. The zero-order chi connectivity index (χ0) is 10.1. The lowest BCUT2D eigenvalue weighted by atomic mass is 9.83. The predicted octanol–water partition coefficient (Wildman–Crippen LogP) is 0.951. The molecule has 0 saturated carbocycles. The summed E-state index contributed by atoms with van der Waals surface area (Å²) in [5.74, 6) is 0. The smallest absolute Gasteiger partial charge is 0.0926 e. The van der Waals surface area contributed by atoms with E-state index in [0.29, 0.717) is 0 Å². The van der Waals surface area contributed by atoms with Crippen LogP contribution in [0.1, 0.15) is 30.7 Å². The van der Waals surface area contributed by atoms with Crippen LogP contribution < -0.4 is 5.32 Å². The standard InChI is InChI=1S/C11H17N3O/c1-3-11(4-7-15-6-1)10-9(2-5-14-11)12-8-13-10/h8,14H,1-7H2,(H,12,13). The molecule has 1 fully saturated rings. The van der Waals surface area contributed by atoms with Crippen LogP contribution in [0.5, 0.6) is 0 Å². The summed E-state index contributed by atoms with van der Waals surface area (Å²) in [5, 5.41) is 3.65. The predicted molar refractivity (Wildman–Crippen MR) is 56.6 cm³/mol. The highest BCUT2D eigenvalue weighted by atomic mass is 16.5. The molecule has 0 radical (unpaired) electrons. The first-order chi connectivity index (χ1) is 7.41. The molecule has 3 heterocycles. The van der Waals surface area contributed by atoms with Crippen LogP contribution in [0.2, 0.25) is 0 Å². The van der Waals surface area contributed by atoms with Gasteiger partial charge in [0.1, 0.15) is 0 Å². The van der Waals surface area contributed by atoms with E-state index in [1.165, 1.54) is 11.4 Å². The fourth-order valence-corrected chi connectivity index (χ4v) is 2.80. The lowest BCUT2D eigenvalue weighted by molar-refractivity contribution is 0.135. The number of nitrogens with zero attached hydrogens (tertiary/aromatic N) is 1. The number of aromatic amines is 1. The van der Waals surface area contributed by atoms with Crippen molar-refractivity contribution in [2.75, 3.05) is 19.8 Å². The number of aromatic nitrogens is 2. The van der Waals surface area contributed by atoms with E-state index >= 15 is 0 Å². The van der Waals surface area contributed by atoms with Gasteiger partial charge < -0.3 is 15.0 Å². The van der Waals surface area contributed by atoms with Gasteiger partial charge in [-0.15, -0.1) is 0 Å². The molecule has 1 spiro atoms. The van der Waals surface area contributed by atoms with Crippen molar-refractivity contribution >= 4 is 0 Å². The van der Waals surface area contributed by atoms with E-state index in [2.05, 4.69) is 15.3 Å². The Morgan fingerprint density at radius 3 is 3.33 bits per heavy atom. The van der Waals surface area contributed by atoms with Gasteiger partial charge in [0.15, 0.2) is 0 Å². The van der Waals surface area contributed by atoms with Gasteiger partial charge in [-0.25, -0.2) is 4.98 Å². The Labute approximate surface area is 89.4 Å². The number of H-pyrrole nitrogens is 1. The number of hydrogen-bond donors (Lipinski definition) is 2.